The van der Waals surface area contributed by atoms with Crippen LogP contribution < -0.4 is 5.32 Å². The lowest BCUT2D eigenvalue weighted by Crippen LogP contribution is -2.15. The number of pyridine rings is 1. The lowest BCUT2D eigenvalue weighted by atomic mass is 10.1. The van der Waals surface area contributed by atoms with Gasteiger partial charge in [0.25, 0.3) is 5.91 Å². The number of anilines is 1. The Morgan fingerprint density at radius 3 is 2.71 bits per heavy atom. The van der Waals surface area contributed by atoms with E-state index in [9.17, 15) is 4.79 Å². The van der Waals surface area contributed by atoms with Gasteiger partial charge in [0.15, 0.2) is 0 Å². The molecule has 5 nitrogen and oxygen atoms in total. The molecule has 28 heavy (non-hydrogen) atoms. The molecule has 0 fully saturated rings. The summed E-state index contributed by atoms with van der Waals surface area (Å²) >= 11 is 12.4. The highest BCUT2D eigenvalue weighted by Gasteiger charge is 2.16. The zero-order valence-corrected chi connectivity index (χ0v) is 16.7. The molecule has 0 radical (unpaired) electrons. The van der Waals surface area contributed by atoms with E-state index in [0.717, 1.165) is 22.2 Å². The molecule has 4 aromatic rings. The van der Waals surface area contributed by atoms with Gasteiger partial charge in [-0.25, -0.2) is 0 Å². The van der Waals surface area contributed by atoms with E-state index >= 15 is 0 Å². The second-order valence-corrected chi connectivity index (χ2v) is 7.32. The van der Waals surface area contributed by atoms with E-state index in [0.29, 0.717) is 26.9 Å². The van der Waals surface area contributed by atoms with Gasteiger partial charge >= 0.3 is 0 Å². The number of hydrogen-bond donors (Lipinski definition) is 1. The van der Waals surface area contributed by atoms with Gasteiger partial charge in [-0.05, 0) is 42.8 Å². The minimum Gasteiger partial charge on any atom is -0.307 e. The number of carbonyl (C=O) groups is 1. The Kier molecular flexibility index (Phi) is 4.79. The van der Waals surface area contributed by atoms with Crippen molar-refractivity contribution < 1.29 is 4.79 Å². The van der Waals surface area contributed by atoms with Crippen LogP contribution in [0.15, 0.2) is 54.7 Å². The summed E-state index contributed by atoms with van der Waals surface area (Å²) < 4.78 is 1.62. The van der Waals surface area contributed by atoms with E-state index < -0.39 is 0 Å². The van der Waals surface area contributed by atoms with Crippen LogP contribution in [0, 0.1) is 6.92 Å². The summed E-state index contributed by atoms with van der Waals surface area (Å²) in [5.74, 6) is 0.242. The summed E-state index contributed by atoms with van der Waals surface area (Å²) in [7, 11) is 1.77. The van der Waals surface area contributed by atoms with Crippen molar-refractivity contribution in [2.24, 2.45) is 7.05 Å². The van der Waals surface area contributed by atoms with Gasteiger partial charge in [0.05, 0.1) is 21.8 Å². The SMILES string of the molecule is Cc1cc(Cl)ccc1-c1cc(NC(=O)c2cc3ncccc3cc2Cl)n(C)n1. The Hall–Kier alpha value is -2.89. The van der Waals surface area contributed by atoms with E-state index in [1.807, 2.05) is 43.3 Å². The predicted octanol–water partition coefficient (Wildman–Crippen LogP) is 5.50. The van der Waals surface area contributed by atoms with E-state index in [-0.39, 0.29) is 5.91 Å². The molecular weight excluding hydrogens is 395 g/mol. The Balaban J connectivity index is 1.65. The molecule has 7 heteroatoms. The number of rotatable bonds is 3. The summed E-state index contributed by atoms with van der Waals surface area (Å²) in [6.07, 6.45) is 1.68. The smallest absolute Gasteiger partial charge is 0.258 e. The maximum Gasteiger partial charge on any atom is 0.258 e. The number of fused-ring (bicyclic) bond motifs is 1. The molecule has 4 rings (SSSR count). The molecular formula is C21H16Cl2N4O. The van der Waals surface area contributed by atoms with Crippen LogP contribution in [-0.2, 0) is 7.05 Å². The lowest BCUT2D eigenvalue weighted by Gasteiger charge is -2.08. The van der Waals surface area contributed by atoms with Crippen molar-refractivity contribution in [3.8, 4) is 11.3 Å². The standard InChI is InChI=1S/C21H16Cl2N4O/c1-12-8-14(22)5-6-15(12)19-11-20(27(2)26-19)25-21(28)16-10-18-13(9-17(16)23)4-3-7-24-18/h3-11H,1-2H3,(H,25,28). The fourth-order valence-corrected chi connectivity index (χ4v) is 3.57. The number of amides is 1. The molecule has 1 amide bonds. The van der Waals surface area contributed by atoms with Gasteiger partial charge in [-0.1, -0.05) is 35.3 Å². The quantitative estimate of drug-likeness (QED) is 0.484. The first-order chi connectivity index (χ1) is 13.4. The van der Waals surface area contributed by atoms with Crippen LogP contribution in [0.2, 0.25) is 10.0 Å². The van der Waals surface area contributed by atoms with Gasteiger partial charge in [0.1, 0.15) is 5.82 Å². The van der Waals surface area contributed by atoms with Crippen LogP contribution >= 0.6 is 23.2 Å². The summed E-state index contributed by atoms with van der Waals surface area (Å²) in [5.41, 5.74) is 3.77. The number of aryl methyl sites for hydroxylation is 2. The molecule has 0 aliphatic rings. The van der Waals surface area contributed by atoms with Crippen LogP contribution in [0.4, 0.5) is 5.82 Å². The number of nitrogens with zero attached hydrogens (tertiary/aromatic N) is 3. The molecule has 140 valence electrons. The number of hydrogen-bond acceptors (Lipinski definition) is 3. The van der Waals surface area contributed by atoms with Crippen molar-refractivity contribution in [2.45, 2.75) is 6.92 Å². The molecule has 0 atom stereocenters. The molecule has 0 unspecified atom stereocenters. The van der Waals surface area contributed by atoms with Gasteiger partial charge in [-0.2, -0.15) is 5.10 Å². The van der Waals surface area contributed by atoms with Crippen molar-refractivity contribution in [2.75, 3.05) is 5.32 Å². The summed E-state index contributed by atoms with van der Waals surface area (Å²) in [6.45, 7) is 1.97. The van der Waals surface area contributed by atoms with Crippen molar-refractivity contribution in [1.29, 1.82) is 0 Å². The van der Waals surface area contributed by atoms with Crippen LogP contribution in [0.25, 0.3) is 22.2 Å². The first-order valence-corrected chi connectivity index (χ1v) is 9.34. The number of aromatic nitrogens is 3. The molecule has 0 saturated carbocycles. The van der Waals surface area contributed by atoms with Crippen molar-refractivity contribution in [3.63, 3.8) is 0 Å². The number of carbonyl (C=O) groups excluding carboxylic acids is 1. The molecule has 0 saturated heterocycles. The van der Waals surface area contributed by atoms with E-state index in [2.05, 4.69) is 15.4 Å². The average molecular weight is 411 g/mol. The van der Waals surface area contributed by atoms with E-state index in [1.54, 1.807) is 30.1 Å². The Morgan fingerprint density at radius 1 is 1.11 bits per heavy atom. The van der Waals surface area contributed by atoms with Crippen LogP contribution in [0.5, 0.6) is 0 Å². The fraction of sp³-hybridized carbons (Fsp3) is 0.0952. The fourth-order valence-electron chi connectivity index (χ4n) is 3.08. The summed E-state index contributed by atoms with van der Waals surface area (Å²) in [4.78, 5) is 17.1. The van der Waals surface area contributed by atoms with E-state index in [1.165, 1.54) is 0 Å². The lowest BCUT2D eigenvalue weighted by molar-refractivity contribution is 0.102. The van der Waals surface area contributed by atoms with Gasteiger partial charge in [0, 0.05) is 35.3 Å². The van der Waals surface area contributed by atoms with Gasteiger partial charge in [-0.3, -0.25) is 14.5 Å². The first-order valence-electron chi connectivity index (χ1n) is 8.58. The third-order valence-corrected chi connectivity index (χ3v) is 5.07. The van der Waals surface area contributed by atoms with Crippen LogP contribution in [0.3, 0.4) is 0 Å². The van der Waals surface area contributed by atoms with E-state index in [4.69, 9.17) is 23.2 Å². The van der Waals surface area contributed by atoms with Crippen LogP contribution in [-0.4, -0.2) is 20.7 Å². The number of halogens is 2. The molecule has 2 aromatic carbocycles. The molecule has 2 aromatic heterocycles. The maximum atomic E-state index is 12.8. The highest BCUT2D eigenvalue weighted by atomic mass is 35.5. The van der Waals surface area contributed by atoms with Gasteiger partial charge in [-0.15, -0.1) is 0 Å². The van der Waals surface area contributed by atoms with Crippen molar-refractivity contribution >= 4 is 45.8 Å². The molecule has 2 heterocycles. The first kappa shape index (κ1) is 18.5. The number of benzene rings is 2. The Morgan fingerprint density at radius 2 is 1.93 bits per heavy atom. The zero-order chi connectivity index (χ0) is 19.8. The largest absolute Gasteiger partial charge is 0.307 e. The topological polar surface area (TPSA) is 59.8 Å². The molecule has 0 bridgehead atoms. The second-order valence-electron chi connectivity index (χ2n) is 6.48. The van der Waals surface area contributed by atoms with Crippen molar-refractivity contribution in [3.05, 3.63) is 75.9 Å². The molecule has 1 N–H and O–H groups in total. The number of nitrogens with one attached hydrogen (secondary N) is 1. The monoisotopic (exact) mass is 410 g/mol. The minimum atomic E-state index is -0.320. The zero-order valence-electron chi connectivity index (χ0n) is 15.2. The third kappa shape index (κ3) is 3.46. The Bertz CT molecular complexity index is 1220. The second kappa shape index (κ2) is 7.26. The Labute approximate surface area is 171 Å². The summed E-state index contributed by atoms with van der Waals surface area (Å²) in [5, 5.41) is 9.30. The average Bonchev–Trinajstić information content (AvgIpc) is 3.01. The highest BCUT2D eigenvalue weighted by Crippen LogP contribution is 2.28. The summed E-state index contributed by atoms with van der Waals surface area (Å²) in [6, 6.07) is 14.6. The normalized spacial score (nSPS) is 11.0. The predicted molar refractivity (Wildman–Crippen MR) is 113 cm³/mol. The van der Waals surface area contributed by atoms with Gasteiger partial charge < -0.3 is 5.32 Å². The third-order valence-electron chi connectivity index (χ3n) is 4.52. The maximum absolute atomic E-state index is 12.8. The van der Waals surface area contributed by atoms with Gasteiger partial charge in [0.2, 0.25) is 0 Å². The highest BCUT2D eigenvalue weighted by molar-refractivity contribution is 6.35. The van der Waals surface area contributed by atoms with Crippen molar-refractivity contribution in [1.82, 2.24) is 14.8 Å². The molecule has 0 aliphatic carbocycles. The van der Waals surface area contributed by atoms with Crippen LogP contribution in [0.1, 0.15) is 15.9 Å². The minimum absolute atomic E-state index is 0.320. The molecule has 0 spiro atoms. The molecule has 0 aliphatic heterocycles.